The van der Waals surface area contributed by atoms with Crippen LogP contribution < -0.4 is 15.9 Å². The Bertz CT molecular complexity index is 797. The molecule has 2 aromatic rings. The van der Waals surface area contributed by atoms with E-state index in [2.05, 4.69) is 42.4 Å². The third-order valence-electron chi connectivity index (χ3n) is 3.07. The van der Waals surface area contributed by atoms with Crippen molar-refractivity contribution < 1.29 is 14.3 Å². The molecule has 0 fully saturated rings. The Morgan fingerprint density at radius 1 is 1.20 bits per heavy atom. The van der Waals surface area contributed by atoms with Gasteiger partial charge in [0.1, 0.15) is 5.75 Å². The molecule has 0 aliphatic heterocycles. The van der Waals surface area contributed by atoms with Crippen molar-refractivity contribution in [2.45, 2.75) is 6.92 Å². The van der Waals surface area contributed by atoms with Crippen molar-refractivity contribution in [1.29, 1.82) is 0 Å². The monoisotopic (exact) mass is 467 g/mol. The van der Waals surface area contributed by atoms with E-state index in [0.29, 0.717) is 20.3 Å². The van der Waals surface area contributed by atoms with Gasteiger partial charge >= 0.3 is 0 Å². The molecule has 0 atom stereocenters. The van der Waals surface area contributed by atoms with Crippen LogP contribution in [0.4, 0.5) is 0 Å². The normalized spacial score (nSPS) is 10.7. The molecule has 25 heavy (non-hydrogen) atoms. The number of nitrogens with one attached hydrogen (secondary N) is 1. The number of primary amides is 1. The van der Waals surface area contributed by atoms with Gasteiger partial charge in [-0.05, 0) is 68.6 Å². The van der Waals surface area contributed by atoms with Gasteiger partial charge in [0, 0.05) is 5.56 Å². The fourth-order valence-electron chi connectivity index (χ4n) is 1.87. The van der Waals surface area contributed by atoms with Crippen LogP contribution in [0, 0.1) is 6.92 Å². The van der Waals surface area contributed by atoms with Gasteiger partial charge in [-0.1, -0.05) is 17.7 Å². The van der Waals surface area contributed by atoms with E-state index >= 15 is 0 Å². The fraction of sp³-hybridized carbons (Fsp3) is 0.118. The second kappa shape index (κ2) is 8.77. The number of ether oxygens (including phenoxy) is 1. The molecule has 0 saturated heterocycles. The third kappa shape index (κ3) is 5.68. The van der Waals surface area contributed by atoms with Gasteiger partial charge in [-0.3, -0.25) is 9.59 Å². The molecule has 0 radical (unpaired) electrons. The topological polar surface area (TPSA) is 93.8 Å². The van der Waals surface area contributed by atoms with E-state index in [1.54, 1.807) is 24.3 Å². The van der Waals surface area contributed by atoms with Crippen LogP contribution in [-0.2, 0) is 4.79 Å². The minimum atomic E-state index is -0.566. The first-order chi connectivity index (χ1) is 11.9. The molecule has 6 nitrogen and oxygen atoms in total. The summed E-state index contributed by atoms with van der Waals surface area (Å²) in [7, 11) is 0. The van der Waals surface area contributed by atoms with Crippen molar-refractivity contribution in [3.8, 4) is 5.75 Å². The van der Waals surface area contributed by atoms with E-state index in [1.165, 1.54) is 6.21 Å². The summed E-state index contributed by atoms with van der Waals surface area (Å²) in [5.41, 5.74) is 9.85. The van der Waals surface area contributed by atoms with Crippen molar-refractivity contribution in [2.24, 2.45) is 10.8 Å². The number of amides is 2. The second-order valence-corrected chi connectivity index (χ2v) is 6.84. The van der Waals surface area contributed by atoms with Crippen LogP contribution >= 0.6 is 31.9 Å². The van der Waals surface area contributed by atoms with Crippen LogP contribution in [-0.4, -0.2) is 24.6 Å². The van der Waals surface area contributed by atoms with Gasteiger partial charge in [-0.15, -0.1) is 0 Å². The molecule has 0 saturated carbocycles. The molecule has 0 aliphatic rings. The molecule has 2 aromatic carbocycles. The molecule has 2 rings (SSSR count). The Labute approximate surface area is 161 Å². The van der Waals surface area contributed by atoms with Crippen LogP contribution in [0.1, 0.15) is 21.5 Å². The zero-order chi connectivity index (χ0) is 18.4. The summed E-state index contributed by atoms with van der Waals surface area (Å²) in [6, 6.07) is 10.7. The number of carbonyl (C=O) groups excluding carboxylic acids is 2. The van der Waals surface area contributed by atoms with Crippen LogP contribution in [0.2, 0.25) is 0 Å². The molecule has 0 spiro atoms. The lowest BCUT2D eigenvalue weighted by Crippen LogP contribution is -2.20. The maximum absolute atomic E-state index is 12.0. The summed E-state index contributed by atoms with van der Waals surface area (Å²) in [5, 5.41) is 3.95. The number of nitrogens with zero attached hydrogens (tertiary/aromatic N) is 1. The lowest BCUT2D eigenvalue weighted by molar-refractivity contribution is -0.119. The Balaban J connectivity index is 2.04. The summed E-state index contributed by atoms with van der Waals surface area (Å²) in [6.07, 6.45) is 1.50. The van der Waals surface area contributed by atoms with Crippen LogP contribution in [0.15, 0.2) is 50.4 Å². The first kappa shape index (κ1) is 19.1. The number of nitrogens with two attached hydrogens (primary N) is 1. The first-order valence-corrected chi connectivity index (χ1v) is 8.75. The van der Waals surface area contributed by atoms with Crippen LogP contribution in [0.25, 0.3) is 0 Å². The molecule has 0 heterocycles. The lowest BCUT2D eigenvalue weighted by atomic mass is 10.1. The maximum atomic E-state index is 12.0. The molecule has 0 unspecified atom stereocenters. The Morgan fingerprint density at radius 3 is 2.36 bits per heavy atom. The third-order valence-corrected chi connectivity index (χ3v) is 4.25. The predicted octanol–water partition coefficient (Wildman–Crippen LogP) is 3.15. The molecule has 0 aromatic heterocycles. The molecule has 130 valence electrons. The fourth-order valence-corrected chi connectivity index (χ4v) is 3.32. The highest BCUT2D eigenvalue weighted by Crippen LogP contribution is 2.34. The Hall–Kier alpha value is -2.19. The number of aryl methyl sites for hydroxylation is 1. The molecule has 3 N–H and O–H groups in total. The lowest BCUT2D eigenvalue weighted by Gasteiger charge is -2.09. The highest BCUT2D eigenvalue weighted by molar-refractivity contribution is 9.11. The van der Waals surface area contributed by atoms with Crippen molar-refractivity contribution in [3.63, 3.8) is 0 Å². The summed E-state index contributed by atoms with van der Waals surface area (Å²) in [5.74, 6) is -0.404. The first-order valence-electron chi connectivity index (χ1n) is 7.17. The minimum absolute atomic E-state index is 0.225. The van der Waals surface area contributed by atoms with Gasteiger partial charge in [0.15, 0.2) is 6.61 Å². The molecule has 2 amide bonds. The van der Waals surface area contributed by atoms with E-state index in [4.69, 9.17) is 10.5 Å². The maximum Gasteiger partial charge on any atom is 0.271 e. The summed E-state index contributed by atoms with van der Waals surface area (Å²) in [6.45, 7) is 1.73. The van der Waals surface area contributed by atoms with Gasteiger partial charge in [-0.2, -0.15) is 5.10 Å². The molecule has 8 heteroatoms. The molecule has 0 aliphatic carbocycles. The Morgan fingerprint density at radius 2 is 1.80 bits per heavy atom. The van der Waals surface area contributed by atoms with E-state index in [1.807, 2.05) is 19.1 Å². The number of rotatable bonds is 6. The SMILES string of the molecule is Cc1ccc(C(=O)N/N=C/c2cc(Br)c(OCC(N)=O)c(Br)c2)cc1. The zero-order valence-electron chi connectivity index (χ0n) is 13.3. The quantitative estimate of drug-likeness (QED) is 0.503. The van der Waals surface area contributed by atoms with Crippen molar-refractivity contribution in [2.75, 3.05) is 6.61 Å². The number of hydrogen-bond acceptors (Lipinski definition) is 4. The second-order valence-electron chi connectivity index (χ2n) is 5.13. The standard InChI is InChI=1S/C17H15Br2N3O3/c1-10-2-4-12(5-3-10)17(24)22-21-8-11-6-13(18)16(14(19)7-11)25-9-15(20)23/h2-8H,9H2,1H3,(H2,20,23)(H,22,24)/b21-8+. The smallest absolute Gasteiger partial charge is 0.271 e. The van der Waals surface area contributed by atoms with Gasteiger partial charge in [0.25, 0.3) is 11.8 Å². The summed E-state index contributed by atoms with van der Waals surface area (Å²) >= 11 is 6.71. The predicted molar refractivity (Wildman–Crippen MR) is 103 cm³/mol. The van der Waals surface area contributed by atoms with Gasteiger partial charge in [-0.25, -0.2) is 5.43 Å². The molecule has 0 bridgehead atoms. The van der Waals surface area contributed by atoms with Crippen LogP contribution in [0.3, 0.4) is 0 Å². The highest BCUT2D eigenvalue weighted by atomic mass is 79.9. The number of carbonyl (C=O) groups is 2. The number of halogens is 2. The van der Waals surface area contributed by atoms with Gasteiger partial charge < -0.3 is 10.5 Å². The average molecular weight is 469 g/mol. The minimum Gasteiger partial charge on any atom is -0.481 e. The van der Waals surface area contributed by atoms with Crippen molar-refractivity contribution in [1.82, 2.24) is 5.43 Å². The Kier molecular flexibility index (Phi) is 6.72. The van der Waals surface area contributed by atoms with Crippen molar-refractivity contribution in [3.05, 3.63) is 62.0 Å². The van der Waals surface area contributed by atoms with Crippen molar-refractivity contribution >= 4 is 49.9 Å². The van der Waals surface area contributed by atoms with E-state index in [0.717, 1.165) is 11.1 Å². The van der Waals surface area contributed by atoms with E-state index in [9.17, 15) is 9.59 Å². The summed E-state index contributed by atoms with van der Waals surface area (Å²) in [4.78, 5) is 22.8. The van der Waals surface area contributed by atoms with Gasteiger partial charge in [0.2, 0.25) is 0 Å². The van der Waals surface area contributed by atoms with Gasteiger partial charge in [0.05, 0.1) is 15.2 Å². The zero-order valence-corrected chi connectivity index (χ0v) is 16.4. The van der Waals surface area contributed by atoms with E-state index < -0.39 is 5.91 Å². The number of benzene rings is 2. The average Bonchev–Trinajstić information content (AvgIpc) is 2.54. The molecular weight excluding hydrogens is 454 g/mol. The summed E-state index contributed by atoms with van der Waals surface area (Å²) < 4.78 is 6.55. The highest BCUT2D eigenvalue weighted by Gasteiger charge is 2.10. The number of hydrazone groups is 1. The largest absolute Gasteiger partial charge is 0.481 e. The molecular formula is C17H15Br2N3O3. The van der Waals surface area contributed by atoms with E-state index in [-0.39, 0.29) is 12.5 Å². The number of hydrogen-bond donors (Lipinski definition) is 2. The van der Waals surface area contributed by atoms with Crippen LogP contribution in [0.5, 0.6) is 5.75 Å².